The minimum Gasteiger partial charge on any atom is -0.396 e. The molecule has 0 aromatic heterocycles. The van der Waals surface area contributed by atoms with Gasteiger partial charge in [-0.2, -0.15) is 0 Å². The van der Waals surface area contributed by atoms with Crippen LogP contribution in [0.3, 0.4) is 0 Å². The molecule has 0 saturated heterocycles. The van der Waals surface area contributed by atoms with Gasteiger partial charge in [-0.3, -0.25) is 0 Å². The Morgan fingerprint density at radius 1 is 1.83 bits per heavy atom. The van der Waals surface area contributed by atoms with Gasteiger partial charge in [-0.1, -0.05) is 6.92 Å². The van der Waals surface area contributed by atoms with Crippen molar-refractivity contribution in [1.29, 1.82) is 0 Å². The summed E-state index contributed by atoms with van der Waals surface area (Å²) in [6, 6.07) is 0. The molecule has 36 valence electrons. The van der Waals surface area contributed by atoms with Crippen LogP contribution in [0.25, 0.3) is 0 Å². The fourth-order valence-electron chi connectivity index (χ4n) is 0.653. The Bertz CT molecular complexity index is 49.9. The molecular formula is C5H10O. The number of aliphatic hydroxyl groups is 1. The highest BCUT2D eigenvalue weighted by molar-refractivity contribution is 4.80. The molecule has 0 heterocycles. The van der Waals surface area contributed by atoms with Crippen LogP contribution in [0.1, 0.15) is 13.3 Å². The lowest BCUT2D eigenvalue weighted by Gasteiger charge is -1.79. The van der Waals surface area contributed by atoms with Crippen molar-refractivity contribution in [3.63, 3.8) is 0 Å². The Morgan fingerprint density at radius 2 is 2.33 bits per heavy atom. The van der Waals surface area contributed by atoms with Crippen LogP contribution in [0.2, 0.25) is 0 Å². The first kappa shape index (κ1) is 4.13. The molecule has 2 atom stereocenters. The van der Waals surface area contributed by atoms with Crippen molar-refractivity contribution in [2.24, 2.45) is 11.8 Å². The van der Waals surface area contributed by atoms with Gasteiger partial charge < -0.3 is 5.11 Å². The van der Waals surface area contributed by atoms with E-state index in [4.69, 9.17) is 5.11 Å². The number of hydrogen-bond donors (Lipinski definition) is 1. The summed E-state index contributed by atoms with van der Waals surface area (Å²) in [5.41, 5.74) is 0. The summed E-state index contributed by atoms with van der Waals surface area (Å²) in [6.07, 6.45) is 1.25. The van der Waals surface area contributed by atoms with Gasteiger partial charge in [0.2, 0.25) is 0 Å². The summed E-state index contributed by atoms with van der Waals surface area (Å²) in [7, 11) is 0. The normalized spacial score (nSPS) is 43.0. The highest BCUT2D eigenvalue weighted by atomic mass is 16.3. The molecule has 1 nitrogen and oxygen atoms in total. The number of aliphatic hydroxyl groups excluding tert-OH is 1. The van der Waals surface area contributed by atoms with E-state index in [1.165, 1.54) is 6.42 Å². The van der Waals surface area contributed by atoms with E-state index in [9.17, 15) is 0 Å². The molecule has 1 heteroatoms. The van der Waals surface area contributed by atoms with Crippen LogP contribution in [0.4, 0.5) is 0 Å². The van der Waals surface area contributed by atoms with Gasteiger partial charge in [0.25, 0.3) is 0 Å². The largest absolute Gasteiger partial charge is 0.396 e. The van der Waals surface area contributed by atoms with Crippen LogP contribution in [-0.2, 0) is 0 Å². The van der Waals surface area contributed by atoms with E-state index in [1.54, 1.807) is 0 Å². The van der Waals surface area contributed by atoms with Crippen molar-refractivity contribution in [1.82, 2.24) is 0 Å². The summed E-state index contributed by atoms with van der Waals surface area (Å²) >= 11 is 0. The molecule has 0 aromatic carbocycles. The van der Waals surface area contributed by atoms with Gasteiger partial charge in [-0.15, -0.1) is 0 Å². The second-order valence-corrected chi connectivity index (χ2v) is 2.16. The first-order valence-corrected chi connectivity index (χ1v) is 2.45. The predicted octanol–water partition coefficient (Wildman–Crippen LogP) is 0.635. The quantitative estimate of drug-likeness (QED) is 0.496. The Morgan fingerprint density at radius 3 is 2.33 bits per heavy atom. The third kappa shape index (κ3) is 0.548. The topological polar surface area (TPSA) is 20.2 Å². The van der Waals surface area contributed by atoms with Gasteiger partial charge in [0.05, 0.1) is 0 Å². The molecule has 1 N–H and O–H groups in total. The minimum absolute atomic E-state index is 0.404. The molecule has 1 aliphatic carbocycles. The van der Waals surface area contributed by atoms with Gasteiger partial charge in [0.15, 0.2) is 0 Å². The minimum atomic E-state index is 0.404. The molecule has 1 fully saturated rings. The summed E-state index contributed by atoms with van der Waals surface area (Å²) in [5, 5.41) is 8.38. The lowest BCUT2D eigenvalue weighted by molar-refractivity contribution is 0.270. The number of hydrogen-bond acceptors (Lipinski definition) is 1. The van der Waals surface area contributed by atoms with Gasteiger partial charge in [-0.05, 0) is 18.3 Å². The monoisotopic (exact) mass is 86.1 g/mol. The standard InChI is InChI=1S/C5H10O/c1-4-2-5(4)3-6/h4-6H,2-3H2,1H3/t4-,5-/m0/s1. The Hall–Kier alpha value is -0.0400. The molecule has 0 aliphatic heterocycles. The fraction of sp³-hybridized carbons (Fsp3) is 1.00. The van der Waals surface area contributed by atoms with E-state index < -0.39 is 0 Å². The molecule has 1 saturated carbocycles. The summed E-state index contributed by atoms with van der Waals surface area (Å²) < 4.78 is 0. The molecule has 1 rings (SSSR count). The van der Waals surface area contributed by atoms with E-state index in [0.717, 1.165) is 5.92 Å². The Kier molecular flexibility index (Phi) is 0.845. The fourth-order valence-corrected chi connectivity index (χ4v) is 0.653. The van der Waals surface area contributed by atoms with Gasteiger partial charge >= 0.3 is 0 Å². The average molecular weight is 86.1 g/mol. The van der Waals surface area contributed by atoms with Gasteiger partial charge in [0.1, 0.15) is 0 Å². The second kappa shape index (κ2) is 1.23. The molecular weight excluding hydrogens is 76.1 g/mol. The molecule has 1 aliphatic rings. The molecule has 0 spiro atoms. The molecule has 0 aromatic rings. The lowest BCUT2D eigenvalue weighted by atomic mass is 10.4. The first-order chi connectivity index (χ1) is 2.84. The number of rotatable bonds is 1. The average Bonchev–Trinajstić information content (AvgIpc) is 2.19. The molecule has 0 unspecified atom stereocenters. The van der Waals surface area contributed by atoms with Crippen LogP contribution in [0.5, 0.6) is 0 Å². The van der Waals surface area contributed by atoms with Crippen LogP contribution in [-0.4, -0.2) is 11.7 Å². The van der Waals surface area contributed by atoms with Crippen molar-refractivity contribution in [2.45, 2.75) is 13.3 Å². The smallest absolute Gasteiger partial charge is 0.0461 e. The second-order valence-electron chi connectivity index (χ2n) is 2.16. The van der Waals surface area contributed by atoms with E-state index >= 15 is 0 Å². The van der Waals surface area contributed by atoms with E-state index in [0.29, 0.717) is 12.5 Å². The van der Waals surface area contributed by atoms with Gasteiger partial charge in [0, 0.05) is 6.61 Å². The maximum absolute atomic E-state index is 8.38. The van der Waals surface area contributed by atoms with E-state index in [1.807, 2.05) is 0 Å². The SMILES string of the molecule is C[C@H]1C[C@H]1CO. The Labute approximate surface area is 38.0 Å². The van der Waals surface area contributed by atoms with Crippen LogP contribution in [0.15, 0.2) is 0 Å². The summed E-state index contributed by atoms with van der Waals surface area (Å²) in [4.78, 5) is 0. The van der Waals surface area contributed by atoms with Crippen LogP contribution >= 0.6 is 0 Å². The highest BCUT2D eigenvalue weighted by Gasteiger charge is 2.30. The zero-order valence-electron chi connectivity index (χ0n) is 4.02. The maximum Gasteiger partial charge on any atom is 0.0461 e. The molecule has 0 radical (unpaired) electrons. The third-order valence-electron chi connectivity index (χ3n) is 1.51. The van der Waals surface area contributed by atoms with Crippen LogP contribution in [0, 0.1) is 11.8 Å². The molecule has 6 heavy (non-hydrogen) atoms. The van der Waals surface area contributed by atoms with Crippen LogP contribution < -0.4 is 0 Å². The predicted molar refractivity (Wildman–Crippen MR) is 24.4 cm³/mol. The zero-order chi connectivity index (χ0) is 4.57. The van der Waals surface area contributed by atoms with Crippen molar-refractivity contribution in [2.75, 3.05) is 6.61 Å². The molecule has 0 amide bonds. The summed E-state index contributed by atoms with van der Waals surface area (Å²) in [6.45, 7) is 2.57. The third-order valence-corrected chi connectivity index (χ3v) is 1.51. The van der Waals surface area contributed by atoms with E-state index in [-0.39, 0.29) is 0 Å². The van der Waals surface area contributed by atoms with Crippen molar-refractivity contribution >= 4 is 0 Å². The van der Waals surface area contributed by atoms with Gasteiger partial charge in [-0.25, -0.2) is 0 Å². The first-order valence-electron chi connectivity index (χ1n) is 2.45. The summed E-state index contributed by atoms with van der Waals surface area (Å²) in [5.74, 6) is 1.47. The Balaban J connectivity index is 2.09. The molecule has 0 bridgehead atoms. The van der Waals surface area contributed by atoms with Crippen molar-refractivity contribution in [3.8, 4) is 0 Å². The van der Waals surface area contributed by atoms with Crippen molar-refractivity contribution in [3.05, 3.63) is 0 Å². The van der Waals surface area contributed by atoms with E-state index in [2.05, 4.69) is 6.92 Å². The maximum atomic E-state index is 8.38. The highest BCUT2D eigenvalue weighted by Crippen LogP contribution is 2.36. The lowest BCUT2D eigenvalue weighted by Crippen LogP contribution is -1.83. The zero-order valence-corrected chi connectivity index (χ0v) is 4.02. The van der Waals surface area contributed by atoms with Crippen molar-refractivity contribution < 1.29 is 5.11 Å².